The number of hydrogen-bond donors (Lipinski definition) is 12. The number of aromatic hydroxyl groups is 1. The first-order valence-electron chi connectivity index (χ1n) is 22.8. The number of carboxylic acid groups (broad SMARTS) is 1. The number of rotatable bonds is 17. The minimum Gasteiger partial charge on any atom is -0.504 e. The van der Waals surface area contributed by atoms with Crippen LogP contribution in [0.4, 0.5) is 11.8 Å². The SMILES string of the molecule is Cc1nc(N2CCC(C(C)(C)C)CC2)nc(N)c1C(=O)N[C@@H](CNS(N)(=O)=O)C(=O)N(C)[C@@H]1C(=O)N[C@@H](C)C(=O)N[C@H](C(=O)O)Cc2ccc(OC[C@H](O)CN)c(c2)-c2cc1cc(OC[C@H](O)CN)c2O. The van der Waals surface area contributed by atoms with Gasteiger partial charge in [0, 0.05) is 57.3 Å². The Balaban J connectivity index is 1.64. The van der Waals surface area contributed by atoms with Gasteiger partial charge in [0.25, 0.3) is 16.1 Å². The highest BCUT2D eigenvalue weighted by molar-refractivity contribution is 7.87. The Morgan fingerprint density at radius 2 is 1.58 bits per heavy atom. The molecule has 4 amide bonds. The van der Waals surface area contributed by atoms with Crippen molar-refractivity contribution in [3.8, 4) is 28.4 Å². The lowest BCUT2D eigenvalue weighted by molar-refractivity contribution is -0.143. The number of nitrogens with one attached hydrogen (secondary N) is 4. The highest BCUT2D eigenvalue weighted by Crippen LogP contribution is 2.45. The topological polar surface area (TPSA) is 403 Å². The lowest BCUT2D eigenvalue weighted by atomic mass is 9.75. The first-order chi connectivity index (χ1) is 33.2. The van der Waals surface area contributed by atoms with Crippen LogP contribution in [0.3, 0.4) is 0 Å². The summed E-state index contributed by atoms with van der Waals surface area (Å²) >= 11 is 0. The fourth-order valence-electron chi connectivity index (χ4n) is 8.24. The van der Waals surface area contributed by atoms with E-state index in [1.807, 2.05) is 9.62 Å². The van der Waals surface area contributed by atoms with E-state index in [4.69, 9.17) is 31.8 Å². The molecule has 2 aliphatic heterocycles. The Kier molecular flexibility index (Phi) is 18.1. The lowest BCUT2D eigenvalue weighted by Gasteiger charge is -2.38. The number of nitrogens with two attached hydrogens (primary N) is 4. The minimum absolute atomic E-state index is 0.0113. The maximum atomic E-state index is 14.9. The third-order valence-corrected chi connectivity index (χ3v) is 12.9. The van der Waals surface area contributed by atoms with Gasteiger partial charge >= 0.3 is 5.97 Å². The Morgan fingerprint density at radius 1 is 0.958 bits per heavy atom. The quantitative estimate of drug-likeness (QED) is 0.0704. The fraction of sp³-hybridized carbons (Fsp3) is 0.533. The maximum absolute atomic E-state index is 14.9. The van der Waals surface area contributed by atoms with Crippen molar-refractivity contribution < 1.29 is 62.3 Å². The summed E-state index contributed by atoms with van der Waals surface area (Å²) in [6.07, 6.45) is -0.956. The highest BCUT2D eigenvalue weighted by atomic mass is 32.2. The average Bonchev–Trinajstić information content (AvgIpc) is 3.30. The van der Waals surface area contributed by atoms with Crippen molar-refractivity contribution >= 4 is 51.6 Å². The van der Waals surface area contributed by atoms with Crippen LogP contribution >= 0.6 is 0 Å². The van der Waals surface area contributed by atoms with Crippen molar-refractivity contribution in [1.29, 1.82) is 0 Å². The van der Waals surface area contributed by atoms with Crippen LogP contribution in [-0.4, -0.2) is 157 Å². The van der Waals surface area contributed by atoms with Gasteiger partial charge in [0.15, 0.2) is 11.5 Å². The molecule has 6 atom stereocenters. The van der Waals surface area contributed by atoms with Crippen LogP contribution in [0.1, 0.15) is 73.8 Å². The number of aryl methyl sites for hydroxylation is 1. The van der Waals surface area contributed by atoms with E-state index in [1.54, 1.807) is 0 Å². The number of ether oxygens (including phenoxy) is 2. The first kappa shape index (κ1) is 55.5. The summed E-state index contributed by atoms with van der Waals surface area (Å²) < 4.78 is 38.3. The van der Waals surface area contributed by atoms with E-state index in [-0.39, 0.29) is 76.8 Å². The van der Waals surface area contributed by atoms with E-state index in [0.29, 0.717) is 30.5 Å². The van der Waals surface area contributed by atoms with E-state index >= 15 is 0 Å². The number of nitrogen functional groups attached to an aromatic ring is 1. The number of carbonyl (C=O) groups excluding carboxylic acids is 4. The number of fused-ring (bicyclic) bond motifs is 5. The number of aliphatic hydroxyl groups excluding tert-OH is 2. The molecule has 390 valence electrons. The number of hydrogen-bond acceptors (Lipinski definition) is 18. The third kappa shape index (κ3) is 14.1. The van der Waals surface area contributed by atoms with E-state index in [1.165, 1.54) is 44.2 Å². The second-order valence-corrected chi connectivity index (χ2v) is 20.1. The van der Waals surface area contributed by atoms with Crippen molar-refractivity contribution in [2.45, 2.75) is 90.3 Å². The van der Waals surface area contributed by atoms with Crippen molar-refractivity contribution in [1.82, 2.24) is 35.5 Å². The zero-order valence-electron chi connectivity index (χ0n) is 40.5. The average molecular weight is 1020 g/mol. The van der Waals surface area contributed by atoms with Gasteiger partial charge in [-0.15, -0.1) is 0 Å². The van der Waals surface area contributed by atoms with Gasteiger partial charge in [-0.3, -0.25) is 19.2 Å². The Morgan fingerprint density at radius 3 is 2.14 bits per heavy atom. The molecule has 4 bridgehead atoms. The van der Waals surface area contributed by atoms with E-state index < -0.39 is 95.1 Å². The van der Waals surface area contributed by atoms with Gasteiger partial charge in [-0.25, -0.2) is 14.9 Å². The summed E-state index contributed by atoms with van der Waals surface area (Å²) in [6, 6.07) is 0.0794. The molecule has 25 nitrogen and oxygen atoms in total. The Bertz CT molecular complexity index is 2550. The number of carboxylic acids is 1. The zero-order valence-corrected chi connectivity index (χ0v) is 41.3. The van der Waals surface area contributed by atoms with Crippen molar-refractivity contribution in [2.24, 2.45) is 27.9 Å². The standard InChI is InChI=1S/C45H66N12O13S/c1-22-35(38(48)55-44(52-22)57-11-9-26(10-12-57)45(3,4)5)40(62)54-32(19-50-71(49,67)68)42(64)56(6)36-25-15-30(37(60)34(16-25)70-21-28(59)18-47)29-13-24(7-8-33(29)69-20-27(58)17-46)14-31(43(65)66)53-39(61)23(2)51-41(36)63/h7-8,13,15-16,23,26-28,31-32,36,50,58-60H,9-12,14,17-21,46-47H2,1-6H3,(H,51,63)(H,53,61)(H,54,62)(H,65,66)(H2,48,52,55)(H2,49,67,68)/t23-,27+,28+,31-,32-,36-/m0/s1. The largest absolute Gasteiger partial charge is 0.504 e. The molecular weight excluding hydrogens is 949 g/mol. The molecular formula is C45H66N12O13S. The second-order valence-electron chi connectivity index (χ2n) is 18.7. The molecule has 0 radical (unpaired) electrons. The second kappa shape index (κ2) is 23.2. The molecule has 0 aliphatic carbocycles. The molecule has 2 aliphatic rings. The molecule has 3 aromatic rings. The summed E-state index contributed by atoms with van der Waals surface area (Å²) in [5.41, 5.74) is 17.7. The van der Waals surface area contributed by atoms with Gasteiger partial charge in [0.1, 0.15) is 66.7 Å². The van der Waals surface area contributed by atoms with Crippen molar-refractivity contribution in [3.63, 3.8) is 0 Å². The Hall–Kier alpha value is -6.42. The molecule has 0 saturated carbocycles. The van der Waals surface area contributed by atoms with Gasteiger partial charge < -0.3 is 72.9 Å². The minimum atomic E-state index is -4.53. The molecule has 0 spiro atoms. The third-order valence-electron chi connectivity index (χ3n) is 12.4. The number of phenols is 1. The number of amides is 4. The number of likely N-dealkylation sites (N-methyl/N-ethyl adjacent to an activating group) is 1. The van der Waals surface area contributed by atoms with Crippen LogP contribution in [0.15, 0.2) is 30.3 Å². The normalized spacial score (nSPS) is 19.3. The summed E-state index contributed by atoms with van der Waals surface area (Å²) in [5.74, 6) is -5.98. The lowest BCUT2D eigenvalue weighted by Crippen LogP contribution is -2.57. The smallest absolute Gasteiger partial charge is 0.326 e. The van der Waals surface area contributed by atoms with Gasteiger partial charge in [-0.1, -0.05) is 26.8 Å². The number of aliphatic hydroxyl groups is 2. The summed E-state index contributed by atoms with van der Waals surface area (Å²) in [4.78, 5) is 81.6. The van der Waals surface area contributed by atoms with Crippen LogP contribution in [-0.2, 0) is 35.8 Å². The molecule has 1 saturated heterocycles. The van der Waals surface area contributed by atoms with Crippen LogP contribution < -0.4 is 57.4 Å². The van der Waals surface area contributed by atoms with Crippen LogP contribution in [0.5, 0.6) is 17.2 Å². The summed E-state index contributed by atoms with van der Waals surface area (Å²) in [6.45, 7) is 8.45. The highest BCUT2D eigenvalue weighted by Gasteiger charge is 2.38. The number of aliphatic carboxylic acids is 1. The zero-order chi connectivity index (χ0) is 52.7. The van der Waals surface area contributed by atoms with E-state index in [2.05, 4.69) is 46.7 Å². The van der Waals surface area contributed by atoms with Crippen LogP contribution in [0, 0.1) is 18.3 Å². The molecule has 26 heteroatoms. The summed E-state index contributed by atoms with van der Waals surface area (Å²) in [5, 5.41) is 55.4. The van der Waals surface area contributed by atoms with Gasteiger partial charge in [0.2, 0.25) is 23.7 Å². The molecule has 16 N–H and O–H groups in total. The molecule has 3 heterocycles. The molecule has 2 aromatic carbocycles. The van der Waals surface area contributed by atoms with Gasteiger partial charge in [0.05, 0.1) is 5.69 Å². The fourth-order valence-corrected chi connectivity index (χ4v) is 8.64. The van der Waals surface area contributed by atoms with Gasteiger partial charge in [-0.05, 0) is 73.4 Å². The molecule has 0 unspecified atom stereocenters. The van der Waals surface area contributed by atoms with Crippen LogP contribution in [0.2, 0.25) is 0 Å². The summed E-state index contributed by atoms with van der Waals surface area (Å²) in [7, 11) is -3.40. The number of anilines is 2. The molecule has 5 rings (SSSR count). The predicted octanol–water partition coefficient (Wildman–Crippen LogP) is -1.88. The molecule has 1 aromatic heterocycles. The van der Waals surface area contributed by atoms with Crippen molar-refractivity contribution in [3.05, 3.63) is 52.7 Å². The molecule has 1 fully saturated rings. The number of aromatic nitrogens is 2. The Labute approximate surface area is 411 Å². The molecule has 71 heavy (non-hydrogen) atoms. The van der Waals surface area contributed by atoms with Crippen LogP contribution in [0.25, 0.3) is 11.1 Å². The maximum Gasteiger partial charge on any atom is 0.326 e. The number of nitrogens with zero attached hydrogens (tertiary/aromatic N) is 4. The number of benzene rings is 2. The van der Waals surface area contributed by atoms with E-state index in [9.17, 15) is 52.8 Å². The monoisotopic (exact) mass is 1010 g/mol. The first-order valence-corrected chi connectivity index (χ1v) is 24.4. The predicted molar refractivity (Wildman–Crippen MR) is 259 cm³/mol. The number of phenolic OH excluding ortho intramolecular Hbond substituents is 1. The van der Waals surface area contributed by atoms with Crippen molar-refractivity contribution in [2.75, 3.05) is 63.6 Å². The van der Waals surface area contributed by atoms with E-state index in [0.717, 1.165) is 24.8 Å². The number of carbonyl (C=O) groups is 5. The number of piperidine rings is 1. The van der Waals surface area contributed by atoms with Gasteiger partial charge in [-0.2, -0.15) is 18.1 Å².